The van der Waals surface area contributed by atoms with Crippen LogP contribution in [0.1, 0.15) is 6.42 Å². The minimum Gasteiger partial charge on any atom is -0.381 e. The van der Waals surface area contributed by atoms with Crippen LogP contribution in [-0.4, -0.2) is 29.1 Å². The van der Waals surface area contributed by atoms with Crippen LogP contribution in [0.25, 0.3) is 11.0 Å². The molecule has 1 aliphatic rings. The van der Waals surface area contributed by atoms with Gasteiger partial charge in [0.1, 0.15) is 0 Å². The van der Waals surface area contributed by atoms with Crippen LogP contribution in [0.2, 0.25) is 0 Å². The van der Waals surface area contributed by atoms with Crippen molar-refractivity contribution in [3.63, 3.8) is 0 Å². The van der Waals surface area contributed by atoms with E-state index < -0.39 is 0 Å². The molecule has 5 heteroatoms. The van der Waals surface area contributed by atoms with Gasteiger partial charge in [-0.1, -0.05) is 12.1 Å². The second kappa shape index (κ2) is 4.18. The molecule has 0 saturated carbocycles. The number of hydrogen-bond acceptors (Lipinski definition) is 5. The zero-order chi connectivity index (χ0) is 11.7. The summed E-state index contributed by atoms with van der Waals surface area (Å²) in [5.41, 5.74) is 7.61. The maximum absolute atomic E-state index is 5.91. The summed E-state index contributed by atoms with van der Waals surface area (Å²) in [6.07, 6.45) is 1.09. The number of nitrogens with zero attached hydrogens (tertiary/aromatic N) is 2. The van der Waals surface area contributed by atoms with E-state index in [4.69, 9.17) is 5.73 Å². The van der Waals surface area contributed by atoms with Crippen LogP contribution in [0.5, 0.6) is 0 Å². The standard InChI is InChI=1S/C12H15N5/c13-11-12(15-8-5-6-14-7-8)17-10-4-2-1-3-9(10)16-11/h1-4,8,14H,5-7H2,(H2,13,16)(H,15,17)/t8-/m0/s1. The monoisotopic (exact) mass is 229 g/mol. The Hall–Kier alpha value is -1.88. The van der Waals surface area contributed by atoms with Gasteiger partial charge in [0.2, 0.25) is 0 Å². The predicted molar refractivity (Wildman–Crippen MR) is 68.8 cm³/mol. The molecule has 2 aromatic rings. The smallest absolute Gasteiger partial charge is 0.169 e. The zero-order valence-electron chi connectivity index (χ0n) is 9.48. The fourth-order valence-electron chi connectivity index (χ4n) is 2.09. The Kier molecular flexibility index (Phi) is 2.53. The summed E-state index contributed by atoms with van der Waals surface area (Å²) in [5, 5.41) is 6.64. The van der Waals surface area contributed by atoms with Crippen molar-refractivity contribution in [2.24, 2.45) is 0 Å². The summed E-state index contributed by atoms with van der Waals surface area (Å²) in [7, 11) is 0. The molecular formula is C12H15N5. The number of anilines is 2. The molecule has 0 aliphatic carbocycles. The number of benzene rings is 1. The van der Waals surface area contributed by atoms with Gasteiger partial charge < -0.3 is 16.4 Å². The van der Waals surface area contributed by atoms with Crippen LogP contribution >= 0.6 is 0 Å². The van der Waals surface area contributed by atoms with Crippen molar-refractivity contribution in [2.45, 2.75) is 12.5 Å². The van der Waals surface area contributed by atoms with E-state index in [0.717, 1.165) is 30.5 Å². The van der Waals surface area contributed by atoms with Crippen molar-refractivity contribution in [1.82, 2.24) is 15.3 Å². The van der Waals surface area contributed by atoms with Crippen LogP contribution in [0, 0.1) is 0 Å². The summed E-state index contributed by atoms with van der Waals surface area (Å²) >= 11 is 0. The Labute approximate surface area is 99.4 Å². The molecule has 1 saturated heterocycles. The van der Waals surface area contributed by atoms with E-state index in [1.807, 2.05) is 24.3 Å². The second-order valence-corrected chi connectivity index (χ2v) is 4.28. The van der Waals surface area contributed by atoms with E-state index in [-0.39, 0.29) is 0 Å². The van der Waals surface area contributed by atoms with Crippen molar-refractivity contribution in [3.05, 3.63) is 24.3 Å². The van der Waals surface area contributed by atoms with Crippen LogP contribution in [0.15, 0.2) is 24.3 Å². The van der Waals surface area contributed by atoms with Crippen LogP contribution in [0.3, 0.4) is 0 Å². The molecule has 3 rings (SSSR count). The Balaban J connectivity index is 1.95. The molecule has 1 aromatic heterocycles. The van der Waals surface area contributed by atoms with E-state index in [9.17, 15) is 0 Å². The lowest BCUT2D eigenvalue weighted by atomic mass is 10.2. The topological polar surface area (TPSA) is 75.9 Å². The van der Waals surface area contributed by atoms with Gasteiger partial charge in [-0.15, -0.1) is 0 Å². The van der Waals surface area contributed by atoms with Crippen molar-refractivity contribution in [1.29, 1.82) is 0 Å². The molecule has 0 spiro atoms. The normalized spacial score (nSPS) is 19.6. The van der Waals surface area contributed by atoms with Gasteiger partial charge in [-0.25, -0.2) is 9.97 Å². The van der Waals surface area contributed by atoms with E-state index in [0.29, 0.717) is 17.7 Å². The summed E-state index contributed by atoms with van der Waals surface area (Å²) in [5.74, 6) is 1.16. The average Bonchev–Trinajstić information content (AvgIpc) is 2.83. The molecular weight excluding hydrogens is 214 g/mol. The molecule has 1 fully saturated rings. The highest BCUT2D eigenvalue weighted by Gasteiger charge is 2.16. The lowest BCUT2D eigenvalue weighted by molar-refractivity contribution is 0.788. The van der Waals surface area contributed by atoms with Crippen LogP contribution in [0.4, 0.5) is 11.6 Å². The van der Waals surface area contributed by atoms with Crippen LogP contribution < -0.4 is 16.4 Å². The molecule has 0 radical (unpaired) electrons. The Morgan fingerprint density at radius 3 is 2.71 bits per heavy atom. The number of hydrogen-bond donors (Lipinski definition) is 3. The summed E-state index contributed by atoms with van der Waals surface area (Å²) in [6.45, 7) is 1.99. The molecule has 88 valence electrons. The molecule has 2 heterocycles. The second-order valence-electron chi connectivity index (χ2n) is 4.28. The number of rotatable bonds is 2. The third kappa shape index (κ3) is 2.01. The van der Waals surface area contributed by atoms with Crippen molar-refractivity contribution < 1.29 is 0 Å². The molecule has 1 aromatic carbocycles. The van der Waals surface area contributed by atoms with Crippen molar-refractivity contribution >= 4 is 22.7 Å². The largest absolute Gasteiger partial charge is 0.381 e. The van der Waals surface area contributed by atoms with E-state index in [2.05, 4.69) is 20.6 Å². The molecule has 4 N–H and O–H groups in total. The first-order valence-corrected chi connectivity index (χ1v) is 5.82. The maximum atomic E-state index is 5.91. The first kappa shape index (κ1) is 10.3. The van der Waals surface area contributed by atoms with Gasteiger partial charge in [-0.2, -0.15) is 0 Å². The number of para-hydroxylation sites is 2. The SMILES string of the molecule is Nc1nc2ccccc2nc1N[C@H]1CCNC1. The third-order valence-electron chi connectivity index (χ3n) is 3.00. The lowest BCUT2D eigenvalue weighted by Crippen LogP contribution is -2.23. The summed E-state index contributed by atoms with van der Waals surface area (Å²) in [4.78, 5) is 8.86. The number of nitrogen functional groups attached to an aromatic ring is 1. The lowest BCUT2D eigenvalue weighted by Gasteiger charge is -2.13. The Morgan fingerprint density at radius 1 is 1.24 bits per heavy atom. The molecule has 1 atom stereocenters. The quantitative estimate of drug-likeness (QED) is 0.716. The van der Waals surface area contributed by atoms with Gasteiger partial charge in [0, 0.05) is 12.6 Å². The highest BCUT2D eigenvalue weighted by atomic mass is 15.1. The first-order chi connectivity index (χ1) is 8.33. The molecule has 5 nitrogen and oxygen atoms in total. The number of nitrogens with two attached hydrogens (primary N) is 1. The number of aromatic nitrogens is 2. The van der Waals surface area contributed by atoms with Crippen LogP contribution in [-0.2, 0) is 0 Å². The van der Waals surface area contributed by atoms with E-state index in [1.165, 1.54) is 0 Å². The average molecular weight is 229 g/mol. The minimum absolute atomic E-state index is 0.396. The van der Waals surface area contributed by atoms with E-state index in [1.54, 1.807) is 0 Å². The Morgan fingerprint density at radius 2 is 2.00 bits per heavy atom. The predicted octanol–water partition coefficient (Wildman–Crippen LogP) is 0.986. The number of fused-ring (bicyclic) bond motifs is 1. The molecule has 17 heavy (non-hydrogen) atoms. The van der Waals surface area contributed by atoms with Gasteiger partial charge in [0.15, 0.2) is 11.6 Å². The molecule has 0 bridgehead atoms. The van der Waals surface area contributed by atoms with Crippen molar-refractivity contribution in [3.8, 4) is 0 Å². The molecule has 0 amide bonds. The highest BCUT2D eigenvalue weighted by Crippen LogP contribution is 2.19. The molecule has 1 aliphatic heterocycles. The zero-order valence-corrected chi connectivity index (χ0v) is 9.48. The fraction of sp³-hybridized carbons (Fsp3) is 0.333. The van der Waals surface area contributed by atoms with Gasteiger partial charge in [-0.05, 0) is 25.1 Å². The maximum Gasteiger partial charge on any atom is 0.169 e. The van der Waals surface area contributed by atoms with Gasteiger partial charge in [0.05, 0.1) is 11.0 Å². The third-order valence-corrected chi connectivity index (χ3v) is 3.00. The van der Waals surface area contributed by atoms with Gasteiger partial charge >= 0.3 is 0 Å². The fourth-order valence-corrected chi connectivity index (χ4v) is 2.09. The Bertz CT molecular complexity index is 533. The minimum atomic E-state index is 0.396. The van der Waals surface area contributed by atoms with Crippen molar-refractivity contribution in [2.75, 3.05) is 24.1 Å². The summed E-state index contributed by atoms with van der Waals surface area (Å²) < 4.78 is 0. The first-order valence-electron chi connectivity index (χ1n) is 5.82. The number of nitrogens with one attached hydrogen (secondary N) is 2. The van der Waals surface area contributed by atoms with Gasteiger partial charge in [-0.3, -0.25) is 0 Å². The van der Waals surface area contributed by atoms with E-state index >= 15 is 0 Å². The molecule has 0 unspecified atom stereocenters. The van der Waals surface area contributed by atoms with Gasteiger partial charge in [0.25, 0.3) is 0 Å². The summed E-state index contributed by atoms with van der Waals surface area (Å²) in [6, 6.07) is 8.14. The highest BCUT2D eigenvalue weighted by molar-refractivity contribution is 5.79.